The summed E-state index contributed by atoms with van der Waals surface area (Å²) >= 11 is 1.28. The number of carbonyl (C=O) groups excluding carboxylic acids is 1. The molecule has 3 rings (SSSR count). The normalized spacial score (nSPS) is 10.8. The number of thiophene rings is 1. The van der Waals surface area contributed by atoms with E-state index in [4.69, 9.17) is 0 Å². The van der Waals surface area contributed by atoms with Gasteiger partial charge in [-0.25, -0.2) is 8.78 Å². The average molecular weight is 274 g/mol. The number of ketones is 1. The molecule has 0 saturated heterocycles. The lowest BCUT2D eigenvalue weighted by Crippen LogP contribution is -2.02. The molecule has 94 valence electrons. The molecule has 0 spiro atoms. The lowest BCUT2D eigenvalue weighted by molar-refractivity contribution is 0.103. The number of halogens is 2. The summed E-state index contributed by atoms with van der Waals surface area (Å²) in [5, 5.41) is 0.924. The van der Waals surface area contributed by atoms with Crippen LogP contribution in [-0.2, 0) is 0 Å². The Hall–Kier alpha value is -2.07. The number of hydrogen-bond donors (Lipinski definition) is 0. The second kappa shape index (κ2) is 4.55. The highest BCUT2D eigenvalue weighted by molar-refractivity contribution is 7.21. The molecule has 3 aromatic rings. The van der Waals surface area contributed by atoms with E-state index in [2.05, 4.69) is 0 Å². The van der Waals surface area contributed by atoms with Gasteiger partial charge in [-0.2, -0.15) is 0 Å². The summed E-state index contributed by atoms with van der Waals surface area (Å²) in [6.45, 7) is 0. The number of benzene rings is 2. The second-order valence-corrected chi connectivity index (χ2v) is 5.19. The molecule has 0 N–H and O–H groups in total. The van der Waals surface area contributed by atoms with Crippen LogP contribution in [0.1, 0.15) is 15.2 Å². The van der Waals surface area contributed by atoms with E-state index < -0.39 is 17.4 Å². The van der Waals surface area contributed by atoms with Gasteiger partial charge in [-0.15, -0.1) is 11.3 Å². The number of fused-ring (bicyclic) bond motifs is 1. The van der Waals surface area contributed by atoms with Crippen molar-refractivity contribution in [2.24, 2.45) is 0 Å². The maximum absolute atomic E-state index is 13.6. The quantitative estimate of drug-likeness (QED) is 0.633. The van der Waals surface area contributed by atoms with Crippen molar-refractivity contribution in [3.05, 3.63) is 70.6 Å². The first kappa shape index (κ1) is 12.0. The average Bonchev–Trinajstić information content (AvgIpc) is 2.84. The Balaban J connectivity index is 2.10. The minimum atomic E-state index is -0.705. The van der Waals surface area contributed by atoms with Crippen molar-refractivity contribution >= 4 is 27.2 Å². The molecule has 2 aromatic carbocycles. The molecule has 4 heteroatoms. The van der Waals surface area contributed by atoms with Gasteiger partial charge in [0.2, 0.25) is 5.78 Å². The summed E-state index contributed by atoms with van der Waals surface area (Å²) in [5.74, 6) is -1.81. The largest absolute Gasteiger partial charge is 0.288 e. The monoisotopic (exact) mass is 274 g/mol. The Bertz CT molecular complexity index is 744. The van der Waals surface area contributed by atoms with Crippen molar-refractivity contribution in [1.29, 1.82) is 0 Å². The van der Waals surface area contributed by atoms with E-state index in [0.717, 1.165) is 28.3 Å². The van der Waals surface area contributed by atoms with Crippen molar-refractivity contribution in [1.82, 2.24) is 0 Å². The summed E-state index contributed by atoms with van der Waals surface area (Å²) in [6.07, 6.45) is 0. The SMILES string of the molecule is O=C(c1cc2ccccc2s1)c1cc(F)ccc1F. The van der Waals surface area contributed by atoms with Crippen LogP contribution in [0, 0.1) is 11.6 Å². The van der Waals surface area contributed by atoms with Crippen molar-refractivity contribution < 1.29 is 13.6 Å². The van der Waals surface area contributed by atoms with Gasteiger partial charge in [0.25, 0.3) is 0 Å². The van der Waals surface area contributed by atoms with Crippen LogP contribution < -0.4 is 0 Å². The third kappa shape index (κ3) is 2.15. The fourth-order valence-electron chi connectivity index (χ4n) is 1.90. The highest BCUT2D eigenvalue weighted by Gasteiger charge is 2.17. The van der Waals surface area contributed by atoms with Gasteiger partial charge in [0.05, 0.1) is 10.4 Å². The molecule has 1 heterocycles. The third-order valence-electron chi connectivity index (χ3n) is 2.82. The van der Waals surface area contributed by atoms with Crippen LogP contribution in [0.2, 0.25) is 0 Å². The number of carbonyl (C=O) groups is 1. The molecular formula is C15H8F2OS. The van der Waals surface area contributed by atoms with Gasteiger partial charge in [-0.05, 0) is 35.7 Å². The fraction of sp³-hybridized carbons (Fsp3) is 0. The zero-order valence-electron chi connectivity index (χ0n) is 9.69. The van der Waals surface area contributed by atoms with E-state index in [0.29, 0.717) is 4.88 Å². The Morgan fingerprint density at radius 2 is 1.79 bits per heavy atom. The van der Waals surface area contributed by atoms with Gasteiger partial charge in [-0.1, -0.05) is 18.2 Å². The molecule has 1 aromatic heterocycles. The van der Waals surface area contributed by atoms with Crippen LogP contribution in [0.15, 0.2) is 48.5 Å². The maximum atomic E-state index is 13.6. The summed E-state index contributed by atoms with van der Waals surface area (Å²) in [7, 11) is 0. The molecule has 0 saturated carbocycles. The molecule has 0 bridgehead atoms. The molecule has 0 radical (unpaired) electrons. The zero-order valence-corrected chi connectivity index (χ0v) is 10.5. The standard InChI is InChI=1S/C15H8F2OS/c16-10-5-6-12(17)11(8-10)15(18)14-7-9-3-1-2-4-13(9)19-14/h1-8H. The van der Waals surface area contributed by atoms with Crippen LogP contribution in [0.5, 0.6) is 0 Å². The van der Waals surface area contributed by atoms with E-state index in [1.54, 1.807) is 6.07 Å². The van der Waals surface area contributed by atoms with Crippen LogP contribution in [-0.4, -0.2) is 5.78 Å². The number of rotatable bonds is 2. The van der Waals surface area contributed by atoms with Crippen LogP contribution in [0.3, 0.4) is 0 Å². The lowest BCUT2D eigenvalue weighted by atomic mass is 10.1. The Morgan fingerprint density at radius 1 is 1.00 bits per heavy atom. The van der Waals surface area contributed by atoms with Crippen molar-refractivity contribution in [2.45, 2.75) is 0 Å². The molecule has 0 unspecified atom stereocenters. The van der Waals surface area contributed by atoms with Crippen LogP contribution >= 0.6 is 11.3 Å². The summed E-state index contributed by atoms with van der Waals surface area (Å²) < 4.78 is 27.6. The van der Waals surface area contributed by atoms with Crippen LogP contribution in [0.25, 0.3) is 10.1 Å². The van der Waals surface area contributed by atoms with E-state index >= 15 is 0 Å². The second-order valence-electron chi connectivity index (χ2n) is 4.10. The molecule has 0 fully saturated rings. The molecular weight excluding hydrogens is 266 g/mol. The Labute approximate surface area is 112 Å². The predicted octanol–water partition coefficient (Wildman–Crippen LogP) is 4.41. The third-order valence-corrected chi connectivity index (χ3v) is 3.94. The van der Waals surface area contributed by atoms with E-state index in [1.807, 2.05) is 24.3 Å². The van der Waals surface area contributed by atoms with Crippen LogP contribution in [0.4, 0.5) is 8.78 Å². The Kier molecular flexibility index (Phi) is 2.87. The van der Waals surface area contributed by atoms with Gasteiger partial charge in [0.1, 0.15) is 11.6 Å². The van der Waals surface area contributed by atoms with Gasteiger partial charge in [0, 0.05) is 4.70 Å². The summed E-state index contributed by atoms with van der Waals surface area (Å²) in [5.41, 5.74) is -0.230. The minimum Gasteiger partial charge on any atom is -0.288 e. The molecule has 0 amide bonds. The smallest absolute Gasteiger partial charge is 0.206 e. The van der Waals surface area contributed by atoms with Gasteiger partial charge < -0.3 is 0 Å². The lowest BCUT2D eigenvalue weighted by Gasteiger charge is -2.00. The molecule has 0 aliphatic rings. The van der Waals surface area contributed by atoms with E-state index in [9.17, 15) is 13.6 Å². The first-order valence-corrected chi connectivity index (χ1v) is 6.45. The molecule has 0 aliphatic carbocycles. The van der Waals surface area contributed by atoms with Crippen molar-refractivity contribution in [3.63, 3.8) is 0 Å². The minimum absolute atomic E-state index is 0.230. The first-order valence-electron chi connectivity index (χ1n) is 5.63. The molecule has 19 heavy (non-hydrogen) atoms. The maximum Gasteiger partial charge on any atom is 0.206 e. The topological polar surface area (TPSA) is 17.1 Å². The number of hydrogen-bond acceptors (Lipinski definition) is 2. The zero-order chi connectivity index (χ0) is 13.4. The fourth-order valence-corrected chi connectivity index (χ4v) is 2.91. The van der Waals surface area contributed by atoms with E-state index in [1.165, 1.54) is 11.3 Å². The summed E-state index contributed by atoms with van der Waals surface area (Å²) in [4.78, 5) is 12.6. The van der Waals surface area contributed by atoms with Crippen molar-refractivity contribution in [3.8, 4) is 0 Å². The predicted molar refractivity (Wildman–Crippen MR) is 71.6 cm³/mol. The van der Waals surface area contributed by atoms with Gasteiger partial charge in [0.15, 0.2) is 0 Å². The van der Waals surface area contributed by atoms with Gasteiger partial charge >= 0.3 is 0 Å². The van der Waals surface area contributed by atoms with Gasteiger partial charge in [-0.3, -0.25) is 4.79 Å². The molecule has 0 aliphatic heterocycles. The highest BCUT2D eigenvalue weighted by Crippen LogP contribution is 2.27. The first-order chi connectivity index (χ1) is 9.15. The molecule has 0 atom stereocenters. The Morgan fingerprint density at radius 3 is 2.58 bits per heavy atom. The highest BCUT2D eigenvalue weighted by atomic mass is 32.1. The molecule has 1 nitrogen and oxygen atoms in total. The van der Waals surface area contributed by atoms with E-state index in [-0.39, 0.29) is 5.56 Å². The summed E-state index contributed by atoms with van der Waals surface area (Å²) in [6, 6.07) is 12.1. The van der Waals surface area contributed by atoms with Crippen molar-refractivity contribution in [2.75, 3.05) is 0 Å².